The van der Waals surface area contributed by atoms with Gasteiger partial charge in [-0.3, -0.25) is 29.3 Å². The monoisotopic (exact) mass is 714 g/mol. The van der Waals surface area contributed by atoms with Gasteiger partial charge in [0.05, 0.1) is 17.1 Å². The Morgan fingerprint density at radius 2 is 0.667 bits per heavy atom. The van der Waals surface area contributed by atoms with Crippen molar-refractivity contribution in [3.63, 3.8) is 0 Å². The van der Waals surface area contributed by atoms with Crippen LogP contribution in [0.2, 0.25) is 0 Å². The van der Waals surface area contributed by atoms with E-state index in [-0.39, 0.29) is 17.7 Å². The van der Waals surface area contributed by atoms with Crippen molar-refractivity contribution in [2.24, 2.45) is 17.8 Å². The number of aromatic nitrogens is 3. The molecule has 3 amide bonds. The Hall–Kier alpha value is -6.48. The maximum absolute atomic E-state index is 14.3. The highest BCUT2D eigenvalue weighted by Crippen LogP contribution is 2.39. The van der Waals surface area contributed by atoms with E-state index in [1.807, 2.05) is 127 Å². The average molecular weight is 715 g/mol. The van der Waals surface area contributed by atoms with E-state index in [4.69, 9.17) is 0 Å². The molecule has 0 spiro atoms. The molecule has 7 rings (SSSR count). The number of carbonyl (C=O) groups is 3. The predicted octanol–water partition coefficient (Wildman–Crippen LogP) is 8.19. The Morgan fingerprint density at radius 1 is 0.407 bits per heavy atom. The summed E-state index contributed by atoms with van der Waals surface area (Å²) in [6.45, 7) is 0. The number of nitrogens with zero attached hydrogens (tertiary/aromatic N) is 6. The summed E-state index contributed by atoms with van der Waals surface area (Å²) in [5.74, 6) is -1.99. The maximum atomic E-state index is 14.3. The molecular weight excluding hydrogens is 673 g/mol. The summed E-state index contributed by atoms with van der Waals surface area (Å²) in [4.78, 5) is 61.0. The Bertz CT molecular complexity index is 1940. The minimum atomic E-state index is -0.540. The Morgan fingerprint density at radius 3 is 0.889 bits per heavy atom. The summed E-state index contributed by atoms with van der Waals surface area (Å²) >= 11 is 0. The number of rotatable bonds is 9. The third-order valence-electron chi connectivity index (χ3n) is 10.4. The number of hydrogen-bond donors (Lipinski definition) is 0. The molecule has 3 aromatic heterocycles. The molecule has 54 heavy (non-hydrogen) atoms. The van der Waals surface area contributed by atoms with E-state index in [1.54, 1.807) is 54.4 Å². The van der Waals surface area contributed by atoms with Gasteiger partial charge in [0.25, 0.3) is 0 Å². The molecule has 0 saturated heterocycles. The van der Waals surface area contributed by atoms with E-state index >= 15 is 0 Å². The summed E-state index contributed by atoms with van der Waals surface area (Å²) in [6, 6.07) is 40.4. The van der Waals surface area contributed by atoms with Crippen LogP contribution in [-0.4, -0.2) is 53.8 Å². The summed E-state index contributed by atoms with van der Waals surface area (Å²) in [5, 5.41) is 0. The first kappa shape index (κ1) is 35.9. The third-order valence-corrected chi connectivity index (χ3v) is 10.4. The van der Waals surface area contributed by atoms with Crippen LogP contribution in [0, 0.1) is 17.8 Å². The van der Waals surface area contributed by atoms with Crippen LogP contribution < -0.4 is 14.7 Å². The molecule has 0 aliphatic heterocycles. The second-order valence-electron chi connectivity index (χ2n) is 13.8. The molecule has 9 nitrogen and oxygen atoms in total. The lowest BCUT2D eigenvalue weighted by Crippen LogP contribution is -2.46. The molecule has 0 atom stereocenters. The zero-order valence-electron chi connectivity index (χ0n) is 30.6. The zero-order valence-corrected chi connectivity index (χ0v) is 30.6. The fourth-order valence-electron chi connectivity index (χ4n) is 7.30. The highest BCUT2D eigenvalue weighted by atomic mass is 16.2. The molecule has 3 aromatic carbocycles. The fraction of sp³-hybridized carbons (Fsp3) is 0.200. The Labute approximate surface area is 316 Å². The van der Waals surface area contributed by atoms with Gasteiger partial charge in [0.15, 0.2) is 0 Å². The van der Waals surface area contributed by atoms with Crippen LogP contribution in [0.25, 0.3) is 33.8 Å². The maximum Gasteiger partial charge on any atom is 0.229 e. The number of pyridine rings is 3. The smallest absolute Gasteiger partial charge is 0.229 e. The van der Waals surface area contributed by atoms with Gasteiger partial charge in [-0.25, -0.2) is 0 Å². The van der Waals surface area contributed by atoms with Crippen molar-refractivity contribution in [3.8, 4) is 33.8 Å². The SMILES string of the molecule is CN(C(=O)C1CC(C(=O)N(C)c2ccc(-c3ccccn3)cc2)CC(C(=O)N(C)c2ccc(-c3ccccn3)cc2)C1)c1ccc(-c2ccccn2)cc1. The van der Waals surface area contributed by atoms with Crippen LogP contribution in [0.3, 0.4) is 0 Å². The lowest BCUT2D eigenvalue weighted by Gasteiger charge is -2.37. The molecular formula is C45H42N6O3. The minimum absolute atomic E-state index is 0.124. The molecule has 0 N–H and O–H groups in total. The van der Waals surface area contributed by atoms with Gasteiger partial charge in [0, 0.05) is 91.2 Å². The van der Waals surface area contributed by atoms with Gasteiger partial charge < -0.3 is 14.7 Å². The van der Waals surface area contributed by atoms with Crippen molar-refractivity contribution >= 4 is 34.8 Å². The van der Waals surface area contributed by atoms with Crippen LogP contribution in [0.1, 0.15) is 19.3 Å². The van der Waals surface area contributed by atoms with Crippen molar-refractivity contribution in [3.05, 3.63) is 146 Å². The van der Waals surface area contributed by atoms with Crippen LogP contribution in [0.4, 0.5) is 17.1 Å². The van der Waals surface area contributed by atoms with E-state index in [9.17, 15) is 14.4 Å². The second kappa shape index (κ2) is 16.0. The van der Waals surface area contributed by atoms with Gasteiger partial charge in [-0.2, -0.15) is 0 Å². The molecule has 0 radical (unpaired) electrons. The topological polar surface area (TPSA) is 99.6 Å². The standard InChI is InChI=1S/C45H42N6O3/c1-49(37-19-13-31(14-20-37)40-10-4-7-25-46-40)43(52)34-28-35(44(53)50(2)38-21-15-32(16-22-38)41-11-5-8-26-47-41)30-36(29-34)45(54)51(3)39-23-17-33(18-24-39)42-12-6-9-27-48-42/h4-27,34-36H,28-30H2,1-3H3. The van der Waals surface area contributed by atoms with Gasteiger partial charge in [-0.1, -0.05) is 54.6 Å². The van der Waals surface area contributed by atoms with Crippen molar-refractivity contribution in [1.29, 1.82) is 0 Å². The quantitative estimate of drug-likeness (QED) is 0.150. The minimum Gasteiger partial charge on any atom is -0.315 e. The number of hydrogen-bond acceptors (Lipinski definition) is 6. The Kier molecular flexibility index (Phi) is 10.7. The lowest BCUT2D eigenvalue weighted by molar-refractivity contribution is -0.131. The average Bonchev–Trinajstić information content (AvgIpc) is 3.25. The van der Waals surface area contributed by atoms with Gasteiger partial charge in [-0.15, -0.1) is 0 Å². The van der Waals surface area contributed by atoms with E-state index < -0.39 is 17.8 Å². The first-order chi connectivity index (χ1) is 26.3. The fourth-order valence-corrected chi connectivity index (χ4v) is 7.30. The number of anilines is 3. The van der Waals surface area contributed by atoms with Crippen molar-refractivity contribution in [2.75, 3.05) is 35.8 Å². The molecule has 0 bridgehead atoms. The number of carbonyl (C=O) groups excluding carboxylic acids is 3. The summed E-state index contributed by atoms with van der Waals surface area (Å²) in [6.07, 6.45) is 6.28. The molecule has 3 heterocycles. The van der Waals surface area contributed by atoms with E-state index in [0.717, 1.165) is 50.8 Å². The zero-order chi connectivity index (χ0) is 37.6. The van der Waals surface area contributed by atoms with Crippen molar-refractivity contribution < 1.29 is 14.4 Å². The largest absolute Gasteiger partial charge is 0.315 e. The van der Waals surface area contributed by atoms with Gasteiger partial charge in [-0.05, 0) is 92.1 Å². The van der Waals surface area contributed by atoms with Crippen LogP contribution in [0.5, 0.6) is 0 Å². The van der Waals surface area contributed by atoms with Crippen LogP contribution >= 0.6 is 0 Å². The third kappa shape index (κ3) is 7.80. The molecule has 6 aromatic rings. The summed E-state index contributed by atoms with van der Waals surface area (Å²) in [7, 11) is 5.26. The van der Waals surface area contributed by atoms with Crippen LogP contribution in [0.15, 0.2) is 146 Å². The molecule has 1 saturated carbocycles. The molecule has 1 aliphatic rings. The Balaban J connectivity index is 1.12. The van der Waals surface area contributed by atoms with Crippen molar-refractivity contribution in [2.45, 2.75) is 19.3 Å². The number of amides is 3. The molecule has 0 unspecified atom stereocenters. The van der Waals surface area contributed by atoms with Crippen LogP contribution in [-0.2, 0) is 14.4 Å². The predicted molar refractivity (Wildman–Crippen MR) is 214 cm³/mol. The number of benzene rings is 3. The molecule has 1 aliphatic carbocycles. The van der Waals surface area contributed by atoms with Gasteiger partial charge >= 0.3 is 0 Å². The second-order valence-corrected chi connectivity index (χ2v) is 13.8. The first-order valence-corrected chi connectivity index (χ1v) is 18.1. The summed E-state index contributed by atoms with van der Waals surface area (Å²) < 4.78 is 0. The van der Waals surface area contributed by atoms with E-state index in [1.165, 1.54) is 0 Å². The van der Waals surface area contributed by atoms with E-state index in [2.05, 4.69) is 15.0 Å². The van der Waals surface area contributed by atoms with Gasteiger partial charge in [0.2, 0.25) is 17.7 Å². The van der Waals surface area contributed by atoms with Gasteiger partial charge in [0.1, 0.15) is 0 Å². The molecule has 9 heteroatoms. The van der Waals surface area contributed by atoms with Crippen molar-refractivity contribution in [1.82, 2.24) is 15.0 Å². The normalized spacial score (nSPS) is 16.6. The summed E-state index contributed by atoms with van der Waals surface area (Å²) in [5.41, 5.74) is 7.56. The highest BCUT2D eigenvalue weighted by Gasteiger charge is 2.42. The molecule has 1 fully saturated rings. The first-order valence-electron chi connectivity index (χ1n) is 18.1. The lowest BCUT2D eigenvalue weighted by atomic mass is 9.73. The molecule has 270 valence electrons. The highest BCUT2D eigenvalue weighted by molar-refractivity contribution is 6.00. The van der Waals surface area contributed by atoms with E-state index in [0.29, 0.717) is 19.3 Å².